The molecule has 0 radical (unpaired) electrons. The SMILES string of the molecule is Cc1ccc(-c2cc(N)ncnc(C)n(C(C)(C)CNC(=O)CCCCCN)n2)cc1. The van der Waals surface area contributed by atoms with Gasteiger partial charge in [-0.25, -0.2) is 14.6 Å². The van der Waals surface area contributed by atoms with Crippen molar-refractivity contribution in [1.82, 2.24) is 25.1 Å². The maximum atomic E-state index is 12.3. The number of unbranched alkanes of at least 4 members (excludes halogenated alkanes) is 2. The van der Waals surface area contributed by atoms with E-state index in [1.54, 1.807) is 6.07 Å². The standard InChI is InChI=1S/C23H35N7O/c1-17-9-11-19(12-10-17)20-14-21(25)28-16-27-18(2)30(29-20)23(3,4)15-26-22(31)8-6-5-7-13-24/h9-12,14,16H,5-8,13,15,24-25H2,1-4H3,(H,26,31). The number of anilines is 1. The number of benzene rings is 1. The average Bonchev–Trinajstić information content (AvgIpc) is 2.80. The highest BCUT2D eigenvalue weighted by atomic mass is 16.1. The molecule has 0 spiro atoms. The van der Waals surface area contributed by atoms with Crippen LogP contribution in [0.4, 0.5) is 5.82 Å². The van der Waals surface area contributed by atoms with Crippen molar-refractivity contribution in [2.24, 2.45) is 5.73 Å². The van der Waals surface area contributed by atoms with Crippen molar-refractivity contribution >= 4 is 11.7 Å². The molecular formula is C23H35N7O. The number of nitrogens with one attached hydrogen (secondary N) is 1. The summed E-state index contributed by atoms with van der Waals surface area (Å²) in [4.78, 5) is 20.8. The van der Waals surface area contributed by atoms with Gasteiger partial charge in [0.2, 0.25) is 5.91 Å². The molecule has 1 aromatic heterocycles. The van der Waals surface area contributed by atoms with Gasteiger partial charge in [-0.3, -0.25) is 4.79 Å². The zero-order valence-corrected chi connectivity index (χ0v) is 19.1. The molecule has 0 atom stereocenters. The molecule has 0 aliphatic rings. The average molecular weight is 426 g/mol. The van der Waals surface area contributed by atoms with Crippen LogP contribution in [-0.2, 0) is 10.3 Å². The lowest BCUT2D eigenvalue weighted by Crippen LogP contribution is -2.42. The number of amides is 1. The minimum absolute atomic E-state index is 0.0254. The Morgan fingerprint density at radius 1 is 1.10 bits per heavy atom. The zero-order chi connectivity index (χ0) is 22.9. The van der Waals surface area contributed by atoms with Crippen LogP contribution in [0.5, 0.6) is 0 Å². The first-order valence-corrected chi connectivity index (χ1v) is 10.7. The summed E-state index contributed by atoms with van der Waals surface area (Å²) in [6.45, 7) is 8.99. The Balaban J connectivity index is 2.35. The van der Waals surface area contributed by atoms with E-state index in [1.807, 2.05) is 56.6 Å². The summed E-state index contributed by atoms with van der Waals surface area (Å²) in [5.74, 6) is 0.998. The van der Waals surface area contributed by atoms with Crippen LogP contribution in [0.2, 0.25) is 0 Å². The molecule has 1 aromatic carbocycles. The molecule has 0 saturated heterocycles. The van der Waals surface area contributed by atoms with Crippen LogP contribution >= 0.6 is 0 Å². The van der Waals surface area contributed by atoms with Gasteiger partial charge in [0.05, 0.1) is 11.2 Å². The van der Waals surface area contributed by atoms with Crippen LogP contribution in [0.15, 0.2) is 36.7 Å². The number of carbonyl (C=O) groups is 1. The fourth-order valence-corrected chi connectivity index (χ4v) is 3.14. The summed E-state index contributed by atoms with van der Waals surface area (Å²) >= 11 is 0. The second kappa shape index (κ2) is 11.4. The van der Waals surface area contributed by atoms with Crippen LogP contribution in [0, 0.1) is 13.8 Å². The zero-order valence-electron chi connectivity index (χ0n) is 19.1. The molecule has 1 heterocycles. The maximum Gasteiger partial charge on any atom is 0.220 e. The van der Waals surface area contributed by atoms with Gasteiger partial charge in [0, 0.05) is 24.6 Å². The molecule has 5 N–H and O–H groups in total. The smallest absolute Gasteiger partial charge is 0.220 e. The van der Waals surface area contributed by atoms with Crippen molar-refractivity contribution in [3.63, 3.8) is 0 Å². The second-order valence-corrected chi connectivity index (χ2v) is 8.34. The molecule has 0 fully saturated rings. The highest BCUT2D eigenvalue weighted by Gasteiger charge is 2.23. The Morgan fingerprint density at radius 2 is 1.81 bits per heavy atom. The molecule has 31 heavy (non-hydrogen) atoms. The Morgan fingerprint density at radius 3 is 2.48 bits per heavy atom. The van der Waals surface area contributed by atoms with Crippen molar-refractivity contribution in [2.75, 3.05) is 18.8 Å². The van der Waals surface area contributed by atoms with E-state index in [2.05, 4.69) is 15.3 Å². The van der Waals surface area contributed by atoms with Crippen LogP contribution in [-0.4, -0.2) is 38.7 Å². The number of carbonyl (C=O) groups excluding carboxylic acids is 1. The maximum absolute atomic E-state index is 12.3. The van der Waals surface area contributed by atoms with Crippen LogP contribution < -0.4 is 16.8 Å². The van der Waals surface area contributed by atoms with Crippen molar-refractivity contribution in [2.45, 2.75) is 58.9 Å². The number of nitrogens with two attached hydrogens (primary N) is 2. The van der Waals surface area contributed by atoms with Gasteiger partial charge in [0.25, 0.3) is 0 Å². The summed E-state index contributed by atoms with van der Waals surface area (Å²) in [5.41, 5.74) is 13.8. The Hall–Kier alpha value is -3.00. The first-order valence-electron chi connectivity index (χ1n) is 10.7. The lowest BCUT2D eigenvalue weighted by molar-refractivity contribution is -0.121. The molecule has 2 rings (SSSR count). The van der Waals surface area contributed by atoms with Crippen molar-refractivity contribution in [3.05, 3.63) is 48.0 Å². The third-order valence-corrected chi connectivity index (χ3v) is 5.00. The fraction of sp³-hybridized carbons (Fsp3) is 0.478. The number of nitrogen functional groups attached to an aromatic ring is 1. The Bertz CT molecular complexity index is 918. The van der Waals surface area contributed by atoms with E-state index in [1.165, 1.54) is 6.33 Å². The predicted molar refractivity (Wildman–Crippen MR) is 125 cm³/mol. The van der Waals surface area contributed by atoms with Gasteiger partial charge in [-0.1, -0.05) is 36.2 Å². The van der Waals surface area contributed by atoms with E-state index in [-0.39, 0.29) is 5.91 Å². The van der Waals surface area contributed by atoms with Crippen LogP contribution in [0.1, 0.15) is 50.9 Å². The molecule has 2 aromatic rings. The highest BCUT2D eigenvalue weighted by molar-refractivity contribution is 5.75. The molecular weight excluding hydrogens is 390 g/mol. The summed E-state index contributed by atoms with van der Waals surface area (Å²) < 4.78 is 1.82. The van der Waals surface area contributed by atoms with E-state index in [0.29, 0.717) is 36.8 Å². The lowest BCUT2D eigenvalue weighted by Gasteiger charge is -2.28. The third kappa shape index (κ3) is 7.64. The molecule has 1 amide bonds. The lowest BCUT2D eigenvalue weighted by atomic mass is 10.1. The van der Waals surface area contributed by atoms with Gasteiger partial charge in [-0.15, -0.1) is 0 Å². The molecule has 0 unspecified atom stereocenters. The first-order chi connectivity index (χ1) is 14.7. The highest BCUT2D eigenvalue weighted by Crippen LogP contribution is 2.20. The number of rotatable bonds is 9. The monoisotopic (exact) mass is 425 g/mol. The molecule has 8 nitrogen and oxygen atoms in total. The van der Waals surface area contributed by atoms with Gasteiger partial charge < -0.3 is 16.8 Å². The second-order valence-electron chi connectivity index (χ2n) is 8.34. The Kier molecular flexibility index (Phi) is 8.93. The molecule has 0 aliphatic heterocycles. The van der Waals surface area contributed by atoms with E-state index >= 15 is 0 Å². The largest absolute Gasteiger partial charge is 0.384 e. The molecule has 168 valence electrons. The fourth-order valence-electron chi connectivity index (χ4n) is 3.14. The van der Waals surface area contributed by atoms with Gasteiger partial charge in [-0.2, -0.15) is 5.10 Å². The quantitative estimate of drug-likeness (QED) is 0.530. The van der Waals surface area contributed by atoms with Gasteiger partial charge in [0.15, 0.2) is 0 Å². The van der Waals surface area contributed by atoms with Gasteiger partial charge in [0.1, 0.15) is 18.0 Å². The minimum atomic E-state index is -0.531. The summed E-state index contributed by atoms with van der Waals surface area (Å²) in [7, 11) is 0. The Labute approximate surface area is 184 Å². The van der Waals surface area contributed by atoms with Crippen molar-refractivity contribution in [3.8, 4) is 11.3 Å². The third-order valence-electron chi connectivity index (χ3n) is 5.00. The molecule has 0 bridgehead atoms. The van der Waals surface area contributed by atoms with Gasteiger partial charge >= 0.3 is 0 Å². The van der Waals surface area contributed by atoms with Gasteiger partial charge in [-0.05, 0) is 47.1 Å². The predicted octanol–water partition coefficient (Wildman–Crippen LogP) is 3.03. The van der Waals surface area contributed by atoms with Crippen molar-refractivity contribution < 1.29 is 4.79 Å². The summed E-state index contributed by atoms with van der Waals surface area (Å²) in [5, 5.41) is 7.91. The first kappa shape index (κ1) is 24.3. The molecule has 8 heteroatoms. The van der Waals surface area contributed by atoms with E-state index in [9.17, 15) is 4.79 Å². The van der Waals surface area contributed by atoms with Crippen molar-refractivity contribution in [1.29, 1.82) is 0 Å². The number of aryl methyl sites for hydroxylation is 2. The number of hydrogen-bond acceptors (Lipinski definition) is 6. The number of aromatic nitrogens is 4. The topological polar surface area (TPSA) is 125 Å². The van der Waals surface area contributed by atoms with E-state index in [0.717, 1.165) is 30.4 Å². The molecule has 0 aliphatic carbocycles. The summed E-state index contributed by atoms with van der Waals surface area (Å²) in [6, 6.07) is 9.78. The van der Waals surface area contributed by atoms with Crippen LogP contribution in [0.25, 0.3) is 11.3 Å². The minimum Gasteiger partial charge on any atom is -0.384 e. The van der Waals surface area contributed by atoms with E-state index in [4.69, 9.17) is 16.6 Å². The molecule has 0 saturated carbocycles. The number of nitrogens with zero attached hydrogens (tertiary/aromatic N) is 4. The number of hydrogen-bond donors (Lipinski definition) is 3. The van der Waals surface area contributed by atoms with E-state index < -0.39 is 5.54 Å². The normalized spacial score (nSPS) is 11.1. The summed E-state index contributed by atoms with van der Waals surface area (Å²) in [6.07, 6.45) is 4.66. The van der Waals surface area contributed by atoms with Crippen LogP contribution in [0.3, 0.4) is 0 Å².